The number of nitrogen functional groups attached to an aromatic ring is 1. The molecule has 6 heteroatoms. The summed E-state index contributed by atoms with van der Waals surface area (Å²) in [6, 6.07) is 12.0. The first kappa shape index (κ1) is 21.1. The Labute approximate surface area is 186 Å². The standard InChI is InChI=1S/C24H28N2O2S2/c25-22-5-1-2-6-23(22)27-14-4-3-11-26-12-7-21(8-13-26)28-24(19-9-15-29-17-19)20-10-16-30-18-20/h1-6,9-10,15-18,21,24H,7-8,11-14,25H2/b4-3+. The second kappa shape index (κ2) is 10.8. The Morgan fingerprint density at radius 1 is 1.00 bits per heavy atom. The number of para-hydroxylation sites is 2. The van der Waals surface area contributed by atoms with E-state index in [9.17, 15) is 0 Å². The highest BCUT2D eigenvalue weighted by Gasteiger charge is 2.24. The maximum atomic E-state index is 6.57. The molecule has 3 heterocycles. The molecule has 0 atom stereocenters. The van der Waals surface area contributed by atoms with Crippen LogP contribution in [0.2, 0.25) is 0 Å². The molecule has 3 aromatic rings. The van der Waals surface area contributed by atoms with E-state index in [-0.39, 0.29) is 6.10 Å². The summed E-state index contributed by atoms with van der Waals surface area (Å²) in [5.74, 6) is 0.742. The van der Waals surface area contributed by atoms with Gasteiger partial charge in [0, 0.05) is 19.6 Å². The van der Waals surface area contributed by atoms with Gasteiger partial charge in [0.1, 0.15) is 18.5 Å². The first-order valence-corrected chi connectivity index (χ1v) is 12.2. The fraction of sp³-hybridized carbons (Fsp3) is 0.333. The zero-order chi connectivity index (χ0) is 20.6. The molecule has 158 valence electrons. The van der Waals surface area contributed by atoms with Crippen LogP contribution in [0.15, 0.2) is 70.1 Å². The number of anilines is 1. The summed E-state index contributed by atoms with van der Waals surface area (Å²) in [6.45, 7) is 3.60. The van der Waals surface area contributed by atoms with Crippen LogP contribution in [0.4, 0.5) is 5.69 Å². The quantitative estimate of drug-likeness (QED) is 0.348. The summed E-state index contributed by atoms with van der Waals surface area (Å²) < 4.78 is 12.3. The molecular formula is C24H28N2O2S2. The number of hydrogen-bond acceptors (Lipinski definition) is 6. The van der Waals surface area contributed by atoms with E-state index in [0.717, 1.165) is 38.2 Å². The highest BCUT2D eigenvalue weighted by atomic mass is 32.1. The molecule has 0 saturated carbocycles. The molecule has 4 nitrogen and oxygen atoms in total. The monoisotopic (exact) mass is 440 g/mol. The zero-order valence-electron chi connectivity index (χ0n) is 17.0. The van der Waals surface area contributed by atoms with Crippen LogP contribution >= 0.6 is 22.7 Å². The van der Waals surface area contributed by atoms with Crippen LogP contribution in [0.3, 0.4) is 0 Å². The first-order valence-electron chi connectivity index (χ1n) is 10.3. The number of ether oxygens (including phenoxy) is 2. The van der Waals surface area contributed by atoms with Crippen LogP contribution in [0.1, 0.15) is 30.1 Å². The van der Waals surface area contributed by atoms with E-state index in [0.29, 0.717) is 18.4 Å². The Bertz CT molecular complexity index is 867. The number of hydrogen-bond donors (Lipinski definition) is 1. The van der Waals surface area contributed by atoms with Crippen molar-refractivity contribution in [1.82, 2.24) is 4.90 Å². The molecule has 2 N–H and O–H groups in total. The second-order valence-electron chi connectivity index (χ2n) is 7.45. The molecule has 1 aliphatic rings. The van der Waals surface area contributed by atoms with Crippen molar-refractivity contribution in [2.24, 2.45) is 0 Å². The molecule has 4 rings (SSSR count). The van der Waals surface area contributed by atoms with Crippen molar-refractivity contribution in [1.29, 1.82) is 0 Å². The third-order valence-electron chi connectivity index (χ3n) is 5.34. The minimum absolute atomic E-state index is 0.0570. The predicted molar refractivity (Wildman–Crippen MR) is 127 cm³/mol. The molecule has 1 fully saturated rings. The largest absolute Gasteiger partial charge is 0.487 e. The van der Waals surface area contributed by atoms with Gasteiger partial charge in [-0.15, -0.1) is 0 Å². The van der Waals surface area contributed by atoms with Crippen LogP contribution in [0.5, 0.6) is 5.75 Å². The summed E-state index contributed by atoms with van der Waals surface area (Å²) in [4.78, 5) is 2.47. The summed E-state index contributed by atoms with van der Waals surface area (Å²) in [5, 5.41) is 8.66. The van der Waals surface area contributed by atoms with Crippen LogP contribution < -0.4 is 10.5 Å². The Kier molecular flexibility index (Phi) is 7.59. The van der Waals surface area contributed by atoms with Gasteiger partial charge in [-0.2, -0.15) is 22.7 Å². The van der Waals surface area contributed by atoms with Gasteiger partial charge in [-0.1, -0.05) is 24.3 Å². The average molecular weight is 441 g/mol. The average Bonchev–Trinajstić information content (AvgIpc) is 3.49. The Balaban J connectivity index is 1.20. The molecule has 0 amide bonds. The minimum atomic E-state index is 0.0570. The third kappa shape index (κ3) is 5.73. The van der Waals surface area contributed by atoms with E-state index >= 15 is 0 Å². The Morgan fingerprint density at radius 3 is 2.33 bits per heavy atom. The number of thiophene rings is 2. The van der Waals surface area contributed by atoms with Crippen LogP contribution in [0, 0.1) is 0 Å². The zero-order valence-corrected chi connectivity index (χ0v) is 18.6. The molecule has 0 aliphatic carbocycles. The van der Waals surface area contributed by atoms with E-state index in [2.05, 4.69) is 50.7 Å². The Hall–Kier alpha value is -2.12. The van der Waals surface area contributed by atoms with Gasteiger partial charge in [0.15, 0.2) is 0 Å². The van der Waals surface area contributed by atoms with E-state index in [1.54, 1.807) is 22.7 Å². The number of rotatable bonds is 9. The van der Waals surface area contributed by atoms with Crippen LogP contribution in [-0.2, 0) is 4.74 Å². The van der Waals surface area contributed by atoms with Gasteiger partial charge in [-0.3, -0.25) is 4.90 Å². The molecule has 1 aromatic carbocycles. The molecular weight excluding hydrogens is 412 g/mol. The van der Waals surface area contributed by atoms with Crippen molar-refractivity contribution in [2.75, 3.05) is 32.0 Å². The van der Waals surface area contributed by atoms with Gasteiger partial charge in [0.05, 0.1) is 11.8 Å². The maximum absolute atomic E-state index is 6.57. The van der Waals surface area contributed by atoms with Crippen molar-refractivity contribution < 1.29 is 9.47 Å². The number of likely N-dealkylation sites (tertiary alicyclic amines) is 1. The highest BCUT2D eigenvalue weighted by Crippen LogP contribution is 2.32. The van der Waals surface area contributed by atoms with Crippen molar-refractivity contribution >= 4 is 28.4 Å². The smallest absolute Gasteiger partial charge is 0.142 e. The summed E-state index contributed by atoms with van der Waals surface area (Å²) in [7, 11) is 0. The van der Waals surface area contributed by atoms with Crippen molar-refractivity contribution in [3.05, 3.63) is 81.2 Å². The lowest BCUT2D eigenvalue weighted by molar-refractivity contribution is -0.0250. The minimum Gasteiger partial charge on any atom is -0.487 e. The van der Waals surface area contributed by atoms with Crippen LogP contribution in [-0.4, -0.2) is 37.2 Å². The molecule has 0 bridgehead atoms. The van der Waals surface area contributed by atoms with E-state index in [4.69, 9.17) is 15.2 Å². The highest BCUT2D eigenvalue weighted by molar-refractivity contribution is 7.08. The predicted octanol–water partition coefficient (Wildman–Crippen LogP) is 5.60. The van der Waals surface area contributed by atoms with Crippen molar-refractivity contribution in [3.63, 3.8) is 0 Å². The second-order valence-corrected chi connectivity index (χ2v) is 9.01. The lowest BCUT2D eigenvalue weighted by atomic mass is 10.0. The van der Waals surface area contributed by atoms with Gasteiger partial charge >= 0.3 is 0 Å². The molecule has 2 aromatic heterocycles. The topological polar surface area (TPSA) is 47.7 Å². The molecule has 1 saturated heterocycles. The van der Waals surface area contributed by atoms with Gasteiger partial charge in [0.2, 0.25) is 0 Å². The van der Waals surface area contributed by atoms with Crippen molar-refractivity contribution in [2.45, 2.75) is 25.0 Å². The molecule has 30 heavy (non-hydrogen) atoms. The molecule has 0 spiro atoms. The Morgan fingerprint density at radius 2 is 1.70 bits per heavy atom. The number of benzene rings is 1. The summed E-state index contributed by atoms with van der Waals surface area (Å²) in [6.07, 6.45) is 6.74. The molecule has 0 unspecified atom stereocenters. The van der Waals surface area contributed by atoms with E-state index < -0.39 is 0 Å². The van der Waals surface area contributed by atoms with Gasteiger partial charge in [-0.05, 0) is 69.8 Å². The lowest BCUT2D eigenvalue weighted by Crippen LogP contribution is -2.37. The van der Waals surface area contributed by atoms with E-state index in [1.807, 2.05) is 24.3 Å². The van der Waals surface area contributed by atoms with Gasteiger partial charge in [-0.25, -0.2) is 0 Å². The number of nitrogens with zero attached hydrogens (tertiary/aromatic N) is 1. The normalized spacial score (nSPS) is 15.9. The third-order valence-corrected chi connectivity index (χ3v) is 6.74. The van der Waals surface area contributed by atoms with Gasteiger partial charge in [0.25, 0.3) is 0 Å². The fourth-order valence-electron chi connectivity index (χ4n) is 3.66. The maximum Gasteiger partial charge on any atom is 0.142 e. The van der Waals surface area contributed by atoms with E-state index in [1.165, 1.54) is 11.1 Å². The first-order chi connectivity index (χ1) is 14.8. The molecule has 1 aliphatic heterocycles. The lowest BCUT2D eigenvalue weighted by Gasteiger charge is -2.33. The number of piperidine rings is 1. The summed E-state index contributed by atoms with van der Waals surface area (Å²) in [5.41, 5.74) is 9.10. The fourth-order valence-corrected chi connectivity index (χ4v) is 5.01. The molecule has 0 radical (unpaired) electrons. The SMILES string of the molecule is Nc1ccccc1OC/C=C/CN1CCC(OC(c2ccsc2)c2ccsc2)CC1. The van der Waals surface area contributed by atoms with Crippen LogP contribution in [0.25, 0.3) is 0 Å². The summed E-state index contributed by atoms with van der Waals surface area (Å²) >= 11 is 3.46. The number of nitrogens with two attached hydrogens (primary N) is 1. The van der Waals surface area contributed by atoms with Crippen molar-refractivity contribution in [3.8, 4) is 5.75 Å². The van der Waals surface area contributed by atoms with Gasteiger partial charge < -0.3 is 15.2 Å².